The molecule has 1 fully saturated rings. The van der Waals surface area contributed by atoms with E-state index in [-0.39, 0.29) is 36.5 Å². The van der Waals surface area contributed by atoms with Gasteiger partial charge in [-0.1, -0.05) is 12.1 Å². The molecule has 0 saturated carbocycles. The van der Waals surface area contributed by atoms with Crippen molar-refractivity contribution in [3.8, 4) is 11.4 Å². The summed E-state index contributed by atoms with van der Waals surface area (Å²) in [6, 6.07) is 11.4. The van der Waals surface area contributed by atoms with Crippen LogP contribution in [-0.4, -0.2) is 64.8 Å². The number of pyridine rings is 1. The number of thiazole rings is 1. The van der Waals surface area contributed by atoms with Crippen molar-refractivity contribution in [2.24, 2.45) is 0 Å². The molecule has 0 spiro atoms. The number of carbonyl (C=O) groups is 2. The van der Waals surface area contributed by atoms with Crippen molar-refractivity contribution >= 4 is 34.1 Å². The third-order valence-electron chi connectivity index (χ3n) is 7.01. The van der Waals surface area contributed by atoms with E-state index in [4.69, 9.17) is 9.72 Å². The van der Waals surface area contributed by atoms with Gasteiger partial charge in [0, 0.05) is 30.0 Å². The number of hydrogen-bond acceptors (Lipinski definition) is 8. The number of aromatic nitrogens is 2. The highest BCUT2D eigenvalue weighted by Crippen LogP contribution is 2.36. The summed E-state index contributed by atoms with van der Waals surface area (Å²) >= 11 is 1.31. The highest BCUT2D eigenvalue weighted by molar-refractivity contribution is 7.14. The van der Waals surface area contributed by atoms with E-state index in [9.17, 15) is 14.7 Å². The summed E-state index contributed by atoms with van der Waals surface area (Å²) in [4.78, 5) is 36.7. The molecule has 0 radical (unpaired) electrons. The SMILES string of the molecule is C[C@@H]1CN(c2cccc(-c3csc(NC(=O)CNC(=O)c4ccc5c(c4)[C@@H]([C@@H](C)O)CC5)n3)n2)C[C@H](C)O1. The number of fused-ring (bicyclic) bond motifs is 1. The van der Waals surface area contributed by atoms with Crippen LogP contribution in [0, 0.1) is 0 Å². The average molecular weight is 536 g/mol. The first-order valence-electron chi connectivity index (χ1n) is 13.0. The molecule has 1 aliphatic carbocycles. The molecule has 3 N–H and O–H groups in total. The predicted molar refractivity (Wildman–Crippen MR) is 148 cm³/mol. The summed E-state index contributed by atoms with van der Waals surface area (Å²) in [5, 5.41) is 17.8. The molecule has 0 bridgehead atoms. The van der Waals surface area contributed by atoms with Gasteiger partial charge >= 0.3 is 0 Å². The van der Waals surface area contributed by atoms with Crippen LogP contribution < -0.4 is 15.5 Å². The Balaban J connectivity index is 1.18. The number of amides is 2. The van der Waals surface area contributed by atoms with E-state index in [0.29, 0.717) is 16.4 Å². The van der Waals surface area contributed by atoms with E-state index in [1.807, 2.05) is 35.7 Å². The van der Waals surface area contributed by atoms with E-state index in [2.05, 4.69) is 34.4 Å². The van der Waals surface area contributed by atoms with Crippen molar-refractivity contribution in [2.75, 3.05) is 29.9 Å². The van der Waals surface area contributed by atoms with Crippen LogP contribution in [0.5, 0.6) is 0 Å². The maximum absolute atomic E-state index is 12.7. The van der Waals surface area contributed by atoms with E-state index in [1.54, 1.807) is 13.0 Å². The van der Waals surface area contributed by atoms with Crippen LogP contribution in [0.2, 0.25) is 0 Å². The largest absolute Gasteiger partial charge is 0.393 e. The molecular weight excluding hydrogens is 502 g/mol. The zero-order valence-corrected chi connectivity index (χ0v) is 22.6. The second-order valence-electron chi connectivity index (χ2n) is 10.1. The predicted octanol–water partition coefficient (Wildman–Crippen LogP) is 3.60. The number of anilines is 2. The first kappa shape index (κ1) is 26.3. The van der Waals surface area contributed by atoms with E-state index in [0.717, 1.165) is 43.0 Å². The highest BCUT2D eigenvalue weighted by atomic mass is 32.1. The smallest absolute Gasteiger partial charge is 0.251 e. The average Bonchev–Trinajstić information content (AvgIpc) is 3.53. The Morgan fingerprint density at radius 3 is 2.71 bits per heavy atom. The van der Waals surface area contributed by atoms with Crippen molar-refractivity contribution < 1.29 is 19.4 Å². The van der Waals surface area contributed by atoms with Gasteiger partial charge in [-0.3, -0.25) is 9.59 Å². The monoisotopic (exact) mass is 535 g/mol. The number of nitrogens with one attached hydrogen (secondary N) is 2. The van der Waals surface area contributed by atoms with Crippen molar-refractivity contribution in [1.29, 1.82) is 0 Å². The van der Waals surface area contributed by atoms with Gasteiger partial charge in [0.25, 0.3) is 5.91 Å². The molecule has 2 aliphatic rings. The molecular formula is C28H33N5O4S. The fourth-order valence-electron chi connectivity index (χ4n) is 5.26. The minimum absolute atomic E-state index is 0.0383. The van der Waals surface area contributed by atoms with Gasteiger partial charge in [0.05, 0.1) is 30.6 Å². The van der Waals surface area contributed by atoms with Gasteiger partial charge in [-0.25, -0.2) is 9.97 Å². The molecule has 2 amide bonds. The summed E-state index contributed by atoms with van der Waals surface area (Å²) in [6.07, 6.45) is 1.58. The first-order valence-corrected chi connectivity index (χ1v) is 13.9. The second-order valence-corrected chi connectivity index (χ2v) is 11.0. The first-order chi connectivity index (χ1) is 18.3. The van der Waals surface area contributed by atoms with Crippen LogP contribution in [0.25, 0.3) is 11.4 Å². The van der Waals surface area contributed by atoms with Crippen LogP contribution in [0.3, 0.4) is 0 Å². The fourth-order valence-corrected chi connectivity index (χ4v) is 5.98. The van der Waals surface area contributed by atoms with Crippen molar-refractivity contribution in [1.82, 2.24) is 15.3 Å². The number of rotatable bonds is 7. The highest BCUT2D eigenvalue weighted by Gasteiger charge is 2.27. The summed E-state index contributed by atoms with van der Waals surface area (Å²) in [6.45, 7) is 7.27. The van der Waals surface area contributed by atoms with E-state index in [1.165, 1.54) is 16.9 Å². The molecule has 9 nitrogen and oxygen atoms in total. The summed E-state index contributed by atoms with van der Waals surface area (Å²) in [5.41, 5.74) is 4.07. The van der Waals surface area contributed by atoms with Crippen LogP contribution in [0.1, 0.15) is 54.6 Å². The molecule has 1 aliphatic heterocycles. The summed E-state index contributed by atoms with van der Waals surface area (Å²) in [7, 11) is 0. The number of nitrogens with zero attached hydrogens (tertiary/aromatic N) is 3. The molecule has 5 rings (SSSR count). The van der Waals surface area contributed by atoms with Crippen molar-refractivity contribution in [3.63, 3.8) is 0 Å². The normalized spacial score (nSPS) is 21.6. The summed E-state index contributed by atoms with van der Waals surface area (Å²) in [5.74, 6) is 0.223. The lowest BCUT2D eigenvalue weighted by Crippen LogP contribution is -2.45. The Morgan fingerprint density at radius 1 is 1.16 bits per heavy atom. The lowest BCUT2D eigenvalue weighted by Gasteiger charge is -2.36. The third-order valence-corrected chi connectivity index (χ3v) is 7.77. The maximum Gasteiger partial charge on any atom is 0.251 e. The van der Waals surface area contributed by atoms with Crippen LogP contribution in [-0.2, 0) is 16.0 Å². The molecule has 10 heteroatoms. The van der Waals surface area contributed by atoms with Crippen molar-refractivity contribution in [2.45, 2.75) is 57.8 Å². The Morgan fingerprint density at radius 2 is 1.95 bits per heavy atom. The zero-order chi connectivity index (χ0) is 26.8. The van der Waals surface area contributed by atoms with Gasteiger partial charge in [0.2, 0.25) is 5.91 Å². The van der Waals surface area contributed by atoms with Gasteiger partial charge in [0.1, 0.15) is 11.5 Å². The molecule has 4 atom stereocenters. The quantitative estimate of drug-likeness (QED) is 0.423. The van der Waals surface area contributed by atoms with Crippen molar-refractivity contribution in [3.05, 3.63) is 58.5 Å². The van der Waals surface area contributed by atoms with Gasteiger partial charge in [-0.05, 0) is 69.0 Å². The number of aryl methyl sites for hydroxylation is 1. The minimum atomic E-state index is -0.465. The van der Waals surface area contributed by atoms with E-state index < -0.39 is 6.10 Å². The number of benzene rings is 1. The van der Waals surface area contributed by atoms with Gasteiger partial charge in [-0.15, -0.1) is 11.3 Å². The van der Waals surface area contributed by atoms with Crippen LogP contribution in [0.4, 0.5) is 10.9 Å². The Hall–Kier alpha value is -3.34. The molecule has 0 unspecified atom stereocenters. The molecule has 38 heavy (non-hydrogen) atoms. The lowest BCUT2D eigenvalue weighted by atomic mass is 9.95. The third kappa shape index (κ3) is 5.87. The number of carbonyl (C=O) groups excluding carboxylic acids is 2. The maximum atomic E-state index is 12.7. The molecule has 3 heterocycles. The second kappa shape index (κ2) is 11.2. The van der Waals surface area contributed by atoms with Gasteiger partial charge < -0.3 is 25.4 Å². The molecule has 1 saturated heterocycles. The molecule has 1 aromatic carbocycles. The van der Waals surface area contributed by atoms with E-state index >= 15 is 0 Å². The molecule has 2 aromatic heterocycles. The zero-order valence-electron chi connectivity index (χ0n) is 21.8. The molecule has 200 valence electrons. The minimum Gasteiger partial charge on any atom is -0.393 e. The van der Waals surface area contributed by atoms with Gasteiger partial charge in [0.15, 0.2) is 5.13 Å². The number of hydrogen-bond donors (Lipinski definition) is 3. The number of ether oxygens (including phenoxy) is 1. The number of aliphatic hydroxyl groups is 1. The topological polar surface area (TPSA) is 117 Å². The van der Waals surface area contributed by atoms with Crippen LogP contribution >= 0.6 is 11.3 Å². The Kier molecular flexibility index (Phi) is 7.73. The summed E-state index contributed by atoms with van der Waals surface area (Å²) < 4.78 is 5.83. The standard InChI is InChI=1S/C28H33N5O4S/c1-16-13-33(14-17(2)37-16)25-6-4-5-23(30-25)24-15-38-28(31-24)32-26(35)12-29-27(36)20-8-7-19-9-10-21(18(3)34)22(19)11-20/h4-8,11,15-18,21,34H,9-10,12-14H2,1-3H3,(H,29,36)(H,31,32,35)/t16-,17+,18-,21-/m1/s1. The Bertz CT molecular complexity index is 1320. The van der Waals surface area contributed by atoms with Crippen LogP contribution in [0.15, 0.2) is 41.8 Å². The lowest BCUT2D eigenvalue weighted by molar-refractivity contribution is -0.115. The molecule has 3 aromatic rings. The fraction of sp³-hybridized carbons (Fsp3) is 0.429. The number of morpholine rings is 1. The number of aliphatic hydroxyl groups excluding tert-OH is 1. The van der Waals surface area contributed by atoms with Gasteiger partial charge in [-0.2, -0.15) is 0 Å². The Labute approximate surface area is 226 Å².